The molecule has 0 aliphatic carbocycles. The Morgan fingerprint density at radius 3 is 2.12 bits per heavy atom. The van der Waals surface area contributed by atoms with Gasteiger partial charge >= 0.3 is 0 Å². The molecule has 0 bridgehead atoms. The number of nitrogens with one attached hydrogen (secondary N) is 1. The van der Waals surface area contributed by atoms with E-state index >= 15 is 0 Å². The molecule has 4 nitrogen and oxygen atoms in total. The monoisotopic (exact) mass is 227 g/mol. The van der Waals surface area contributed by atoms with Crippen LogP contribution in [0.1, 0.15) is 0 Å². The lowest BCUT2D eigenvalue weighted by atomic mass is 10.1. The van der Waals surface area contributed by atoms with Crippen LogP contribution in [0.15, 0.2) is 59.6 Å². The van der Waals surface area contributed by atoms with Crippen LogP contribution in [0.5, 0.6) is 0 Å². The van der Waals surface area contributed by atoms with E-state index in [-0.39, 0.29) is 5.96 Å². The number of guanidine groups is 1. The minimum atomic E-state index is -0.0301. The third kappa shape index (κ3) is 2.83. The van der Waals surface area contributed by atoms with Crippen molar-refractivity contribution in [2.45, 2.75) is 0 Å². The van der Waals surface area contributed by atoms with Gasteiger partial charge in [-0.2, -0.15) is 0 Å². The molecule has 4 heteroatoms. The van der Waals surface area contributed by atoms with E-state index in [4.69, 9.17) is 10.9 Å². The number of hydroxylamine groups is 1. The van der Waals surface area contributed by atoms with Crippen molar-refractivity contribution < 1.29 is 5.21 Å². The molecule has 0 heterocycles. The fraction of sp³-hybridized carbons (Fsp3) is 0. The Labute approximate surface area is 99.4 Å². The summed E-state index contributed by atoms with van der Waals surface area (Å²) in [5, 5.41) is 8.52. The van der Waals surface area contributed by atoms with Crippen LogP contribution >= 0.6 is 0 Å². The van der Waals surface area contributed by atoms with Gasteiger partial charge in [0.15, 0.2) is 0 Å². The van der Waals surface area contributed by atoms with Crippen LogP contribution < -0.4 is 11.2 Å². The topological polar surface area (TPSA) is 70.6 Å². The highest BCUT2D eigenvalue weighted by atomic mass is 16.5. The van der Waals surface area contributed by atoms with Crippen molar-refractivity contribution in [3.63, 3.8) is 0 Å². The first-order valence-electron chi connectivity index (χ1n) is 5.19. The van der Waals surface area contributed by atoms with E-state index in [9.17, 15) is 0 Å². The molecule has 2 aromatic carbocycles. The van der Waals surface area contributed by atoms with Gasteiger partial charge in [0.2, 0.25) is 5.96 Å². The minimum Gasteiger partial charge on any atom is -0.368 e. The zero-order valence-electron chi connectivity index (χ0n) is 9.17. The van der Waals surface area contributed by atoms with Crippen molar-refractivity contribution in [1.29, 1.82) is 0 Å². The Kier molecular flexibility index (Phi) is 3.37. The average molecular weight is 227 g/mol. The fourth-order valence-electron chi connectivity index (χ4n) is 1.52. The van der Waals surface area contributed by atoms with E-state index in [1.807, 2.05) is 54.6 Å². The number of aliphatic imine (C=N–C) groups is 1. The second-order valence-electron chi connectivity index (χ2n) is 3.52. The first-order chi connectivity index (χ1) is 8.29. The molecule has 4 N–H and O–H groups in total. The van der Waals surface area contributed by atoms with E-state index in [1.165, 1.54) is 0 Å². The molecule has 0 saturated heterocycles. The minimum absolute atomic E-state index is 0.0301. The van der Waals surface area contributed by atoms with E-state index < -0.39 is 0 Å². The van der Waals surface area contributed by atoms with Gasteiger partial charge in [0.05, 0.1) is 5.69 Å². The number of hydrogen-bond donors (Lipinski definition) is 3. The lowest BCUT2D eigenvalue weighted by Gasteiger charge is -2.02. The maximum absolute atomic E-state index is 8.52. The van der Waals surface area contributed by atoms with Gasteiger partial charge < -0.3 is 5.73 Å². The SMILES string of the molecule is NC(=Nc1ccc(-c2ccccc2)cc1)NO. The standard InChI is InChI=1S/C13H13N3O/c14-13(16-17)15-12-8-6-11(7-9-12)10-4-2-1-3-5-10/h1-9,17H,(H3,14,15,16). The Balaban J connectivity index is 2.25. The van der Waals surface area contributed by atoms with Gasteiger partial charge in [-0.25, -0.2) is 10.5 Å². The van der Waals surface area contributed by atoms with Crippen molar-refractivity contribution in [1.82, 2.24) is 5.48 Å². The van der Waals surface area contributed by atoms with Crippen molar-refractivity contribution in [2.24, 2.45) is 10.7 Å². The predicted molar refractivity (Wildman–Crippen MR) is 68.1 cm³/mol. The summed E-state index contributed by atoms with van der Waals surface area (Å²) in [6, 6.07) is 17.7. The van der Waals surface area contributed by atoms with Gasteiger partial charge in [-0.1, -0.05) is 42.5 Å². The summed E-state index contributed by atoms with van der Waals surface area (Å²) in [5.74, 6) is -0.0301. The Morgan fingerprint density at radius 1 is 0.941 bits per heavy atom. The van der Waals surface area contributed by atoms with Gasteiger partial charge in [0, 0.05) is 0 Å². The Hall–Kier alpha value is -2.33. The van der Waals surface area contributed by atoms with Crippen molar-refractivity contribution in [3.05, 3.63) is 54.6 Å². The summed E-state index contributed by atoms with van der Waals surface area (Å²) < 4.78 is 0. The molecule has 0 aliphatic rings. The quantitative estimate of drug-likeness (QED) is 0.419. The van der Waals surface area contributed by atoms with E-state index in [0.29, 0.717) is 5.69 Å². The van der Waals surface area contributed by atoms with Gasteiger partial charge in [0.25, 0.3) is 0 Å². The summed E-state index contributed by atoms with van der Waals surface area (Å²) in [6.45, 7) is 0. The second kappa shape index (κ2) is 5.14. The maximum atomic E-state index is 8.52. The van der Waals surface area contributed by atoms with Gasteiger partial charge in [-0.15, -0.1) is 0 Å². The van der Waals surface area contributed by atoms with E-state index in [2.05, 4.69) is 4.99 Å². The molecule has 86 valence electrons. The smallest absolute Gasteiger partial charge is 0.218 e. The highest BCUT2D eigenvalue weighted by molar-refractivity contribution is 5.80. The number of nitrogens with two attached hydrogens (primary N) is 1. The molecule has 0 aliphatic heterocycles. The Bertz CT molecular complexity index is 506. The molecule has 17 heavy (non-hydrogen) atoms. The van der Waals surface area contributed by atoms with Crippen LogP contribution in [0.4, 0.5) is 5.69 Å². The van der Waals surface area contributed by atoms with Crippen molar-refractivity contribution in [2.75, 3.05) is 0 Å². The maximum Gasteiger partial charge on any atom is 0.218 e. The highest BCUT2D eigenvalue weighted by Gasteiger charge is 1.97. The van der Waals surface area contributed by atoms with Crippen LogP contribution in [0.2, 0.25) is 0 Å². The van der Waals surface area contributed by atoms with Gasteiger partial charge in [0.1, 0.15) is 0 Å². The molecule has 0 atom stereocenters. The largest absolute Gasteiger partial charge is 0.368 e. The van der Waals surface area contributed by atoms with Crippen LogP contribution in [0.25, 0.3) is 11.1 Å². The molecule has 0 amide bonds. The molecule has 2 rings (SSSR count). The predicted octanol–water partition coefficient (Wildman–Crippen LogP) is 2.28. The average Bonchev–Trinajstić information content (AvgIpc) is 2.40. The third-order valence-electron chi connectivity index (χ3n) is 2.34. The van der Waals surface area contributed by atoms with Crippen LogP contribution in [-0.2, 0) is 0 Å². The zero-order valence-corrected chi connectivity index (χ0v) is 9.17. The first-order valence-corrected chi connectivity index (χ1v) is 5.19. The first kappa shape index (κ1) is 11.2. The molecule has 0 fully saturated rings. The van der Waals surface area contributed by atoms with Crippen LogP contribution in [0.3, 0.4) is 0 Å². The van der Waals surface area contributed by atoms with Crippen molar-refractivity contribution in [3.8, 4) is 11.1 Å². The summed E-state index contributed by atoms with van der Waals surface area (Å²) in [6.07, 6.45) is 0. The number of hydrogen-bond acceptors (Lipinski definition) is 2. The van der Waals surface area contributed by atoms with Gasteiger partial charge in [-0.3, -0.25) is 5.21 Å². The number of benzene rings is 2. The van der Waals surface area contributed by atoms with Crippen molar-refractivity contribution >= 4 is 11.6 Å². The van der Waals surface area contributed by atoms with E-state index in [0.717, 1.165) is 11.1 Å². The molecular formula is C13H13N3O. The van der Waals surface area contributed by atoms with Gasteiger partial charge in [-0.05, 0) is 23.3 Å². The molecule has 0 unspecified atom stereocenters. The highest BCUT2D eigenvalue weighted by Crippen LogP contribution is 2.22. The third-order valence-corrected chi connectivity index (χ3v) is 2.34. The zero-order chi connectivity index (χ0) is 12.1. The molecular weight excluding hydrogens is 214 g/mol. The molecule has 0 aromatic heterocycles. The Morgan fingerprint density at radius 2 is 1.53 bits per heavy atom. The molecule has 0 spiro atoms. The summed E-state index contributed by atoms with van der Waals surface area (Å²) in [4.78, 5) is 3.95. The summed E-state index contributed by atoms with van der Waals surface area (Å²) in [5.41, 5.74) is 10.1. The fourth-order valence-corrected chi connectivity index (χ4v) is 1.52. The number of rotatable bonds is 2. The van der Waals surface area contributed by atoms with Crippen LogP contribution in [0, 0.1) is 0 Å². The lowest BCUT2D eigenvalue weighted by molar-refractivity contribution is 0.233. The molecule has 2 aromatic rings. The van der Waals surface area contributed by atoms with Crippen LogP contribution in [-0.4, -0.2) is 11.2 Å². The summed E-state index contributed by atoms with van der Waals surface area (Å²) in [7, 11) is 0. The number of nitrogens with zero attached hydrogens (tertiary/aromatic N) is 1. The second-order valence-corrected chi connectivity index (χ2v) is 3.52. The molecule has 0 saturated carbocycles. The summed E-state index contributed by atoms with van der Waals surface area (Å²) >= 11 is 0. The van der Waals surface area contributed by atoms with E-state index in [1.54, 1.807) is 5.48 Å². The normalized spacial score (nSPS) is 11.2. The lowest BCUT2D eigenvalue weighted by Crippen LogP contribution is -2.27. The molecule has 0 radical (unpaired) electrons.